The highest BCUT2D eigenvalue weighted by Crippen LogP contribution is 2.12. The summed E-state index contributed by atoms with van der Waals surface area (Å²) in [5.41, 5.74) is 0. The van der Waals surface area contributed by atoms with E-state index >= 15 is 0 Å². The van der Waals surface area contributed by atoms with Gasteiger partial charge < -0.3 is 5.11 Å². The molecule has 0 aliphatic carbocycles. The number of carboxylic acid groups (broad SMARTS) is 1. The molecular formula is C19H37O3. The summed E-state index contributed by atoms with van der Waals surface area (Å²) in [5, 5.41) is 8.49. The van der Waals surface area contributed by atoms with Gasteiger partial charge in [-0.05, 0) is 6.42 Å². The van der Waals surface area contributed by atoms with Gasteiger partial charge in [0.05, 0.1) is 0 Å². The van der Waals surface area contributed by atoms with Gasteiger partial charge in [0.15, 0.2) is 6.29 Å². The Morgan fingerprint density at radius 3 is 1.32 bits per heavy atom. The standard InChI is InChI=1S/C16H32O2.C3H5O/c1-2-3-4-5-6-7-8-9-10-11-12-13-14-15-16(17)18;1-2-3-4/h2-15H2,1H3,(H,17,18);2H2,1H3. The molecule has 1 radical (unpaired) electrons. The van der Waals surface area contributed by atoms with E-state index in [9.17, 15) is 4.79 Å². The van der Waals surface area contributed by atoms with Gasteiger partial charge in [0, 0.05) is 12.8 Å². The zero-order chi connectivity index (χ0) is 16.9. The van der Waals surface area contributed by atoms with Gasteiger partial charge in [0.1, 0.15) is 0 Å². The van der Waals surface area contributed by atoms with E-state index in [1.807, 2.05) is 0 Å². The van der Waals surface area contributed by atoms with Gasteiger partial charge in [0.2, 0.25) is 0 Å². The second kappa shape index (κ2) is 22.4. The molecular weight excluding hydrogens is 276 g/mol. The van der Waals surface area contributed by atoms with Crippen LogP contribution in [0.2, 0.25) is 0 Å². The largest absolute Gasteiger partial charge is 0.481 e. The smallest absolute Gasteiger partial charge is 0.303 e. The van der Waals surface area contributed by atoms with Crippen LogP contribution in [0.25, 0.3) is 0 Å². The number of carbonyl (C=O) groups is 1. The Morgan fingerprint density at radius 1 is 0.727 bits per heavy atom. The summed E-state index contributed by atoms with van der Waals surface area (Å²) in [6.45, 7) is 4.02. The molecule has 0 spiro atoms. The predicted octanol–water partition coefficient (Wildman–Crippen LogP) is 6.06. The first-order valence-electron chi connectivity index (χ1n) is 9.25. The maximum atomic E-state index is 10.3. The van der Waals surface area contributed by atoms with Crippen molar-refractivity contribution in [2.24, 2.45) is 0 Å². The molecule has 0 saturated carbocycles. The molecule has 0 unspecified atom stereocenters. The molecule has 1 N–H and O–H groups in total. The van der Waals surface area contributed by atoms with Crippen LogP contribution in [0, 0.1) is 0 Å². The molecule has 0 heterocycles. The van der Waals surface area contributed by atoms with Gasteiger partial charge in [-0.1, -0.05) is 90.9 Å². The van der Waals surface area contributed by atoms with E-state index in [1.54, 1.807) is 13.2 Å². The Morgan fingerprint density at radius 2 is 1.05 bits per heavy atom. The Balaban J connectivity index is 0. The van der Waals surface area contributed by atoms with Gasteiger partial charge >= 0.3 is 5.97 Å². The molecule has 0 aliphatic heterocycles. The Kier molecular flexibility index (Phi) is 23.9. The van der Waals surface area contributed by atoms with Crippen molar-refractivity contribution >= 4 is 12.3 Å². The van der Waals surface area contributed by atoms with Crippen molar-refractivity contribution in [3.63, 3.8) is 0 Å². The van der Waals surface area contributed by atoms with E-state index < -0.39 is 5.97 Å². The van der Waals surface area contributed by atoms with E-state index in [-0.39, 0.29) is 0 Å². The van der Waals surface area contributed by atoms with Crippen LogP contribution in [-0.4, -0.2) is 17.4 Å². The third-order valence-electron chi connectivity index (χ3n) is 3.64. The van der Waals surface area contributed by atoms with E-state index in [0.717, 1.165) is 12.8 Å². The lowest BCUT2D eigenvalue weighted by atomic mass is 10.0. The molecule has 0 aromatic heterocycles. The second-order valence-corrected chi connectivity index (χ2v) is 5.88. The number of hydrogen-bond donors (Lipinski definition) is 1. The van der Waals surface area contributed by atoms with Crippen molar-refractivity contribution in [2.45, 2.75) is 110 Å². The van der Waals surface area contributed by atoms with Crippen LogP contribution in [0.5, 0.6) is 0 Å². The van der Waals surface area contributed by atoms with E-state index in [4.69, 9.17) is 9.90 Å². The van der Waals surface area contributed by atoms with Crippen LogP contribution in [-0.2, 0) is 9.59 Å². The highest BCUT2D eigenvalue weighted by atomic mass is 16.4. The van der Waals surface area contributed by atoms with Crippen LogP contribution < -0.4 is 0 Å². The molecule has 0 aromatic rings. The summed E-state index contributed by atoms with van der Waals surface area (Å²) in [6, 6.07) is 0. The molecule has 0 fully saturated rings. The number of carbonyl (C=O) groups excluding carboxylic acids is 1. The number of rotatable bonds is 15. The van der Waals surface area contributed by atoms with Gasteiger partial charge in [-0.25, -0.2) is 0 Å². The number of carboxylic acids is 1. The monoisotopic (exact) mass is 313 g/mol. The topological polar surface area (TPSA) is 54.4 Å². The highest BCUT2D eigenvalue weighted by Gasteiger charge is 1.96. The van der Waals surface area contributed by atoms with Crippen molar-refractivity contribution in [3.05, 3.63) is 0 Å². The van der Waals surface area contributed by atoms with Crippen molar-refractivity contribution in [2.75, 3.05) is 0 Å². The zero-order valence-corrected chi connectivity index (χ0v) is 14.9. The second-order valence-electron chi connectivity index (χ2n) is 5.88. The average Bonchev–Trinajstić information content (AvgIpc) is 2.52. The van der Waals surface area contributed by atoms with Crippen molar-refractivity contribution in [3.8, 4) is 0 Å². The lowest BCUT2D eigenvalue weighted by molar-refractivity contribution is -0.137. The minimum absolute atomic E-state index is 0.345. The van der Waals surface area contributed by atoms with Crippen LogP contribution in [0.1, 0.15) is 110 Å². The number of unbranched alkanes of at least 4 members (excludes halogenated alkanes) is 12. The molecule has 22 heavy (non-hydrogen) atoms. The minimum Gasteiger partial charge on any atom is -0.481 e. The van der Waals surface area contributed by atoms with Gasteiger partial charge in [-0.3, -0.25) is 9.59 Å². The van der Waals surface area contributed by atoms with Gasteiger partial charge in [-0.2, -0.15) is 0 Å². The van der Waals surface area contributed by atoms with Crippen LogP contribution in [0.15, 0.2) is 0 Å². The highest BCUT2D eigenvalue weighted by molar-refractivity contribution is 5.66. The summed E-state index contributed by atoms with van der Waals surface area (Å²) in [5.74, 6) is -0.655. The third-order valence-corrected chi connectivity index (χ3v) is 3.64. The van der Waals surface area contributed by atoms with Crippen molar-refractivity contribution in [1.29, 1.82) is 0 Å². The van der Waals surface area contributed by atoms with Gasteiger partial charge in [-0.15, -0.1) is 0 Å². The fourth-order valence-electron chi connectivity index (χ4n) is 2.29. The summed E-state index contributed by atoms with van der Waals surface area (Å²) >= 11 is 0. The quantitative estimate of drug-likeness (QED) is 0.374. The molecule has 0 atom stereocenters. The van der Waals surface area contributed by atoms with Gasteiger partial charge in [0.25, 0.3) is 0 Å². The first-order valence-corrected chi connectivity index (χ1v) is 9.25. The Hall–Kier alpha value is -0.860. The van der Waals surface area contributed by atoms with Crippen molar-refractivity contribution in [1.82, 2.24) is 0 Å². The van der Waals surface area contributed by atoms with Crippen molar-refractivity contribution < 1.29 is 14.7 Å². The summed E-state index contributed by atoms with van der Waals surface area (Å²) < 4.78 is 0. The number of aliphatic carboxylic acids is 1. The molecule has 131 valence electrons. The molecule has 3 nitrogen and oxygen atoms in total. The lowest BCUT2D eigenvalue weighted by Gasteiger charge is -2.02. The van der Waals surface area contributed by atoms with E-state index in [1.165, 1.54) is 70.6 Å². The van der Waals surface area contributed by atoms with Crippen LogP contribution in [0.3, 0.4) is 0 Å². The fraction of sp³-hybridized carbons (Fsp3) is 0.895. The average molecular weight is 314 g/mol. The number of hydrogen-bond acceptors (Lipinski definition) is 2. The minimum atomic E-state index is -0.655. The van der Waals surface area contributed by atoms with Crippen LogP contribution >= 0.6 is 0 Å². The fourth-order valence-corrected chi connectivity index (χ4v) is 2.29. The molecule has 3 heteroatoms. The SMILES string of the molecule is CCCCCCCCCCCCCCCC(=O)O.CC[C]=O. The third kappa shape index (κ3) is 27.5. The van der Waals surface area contributed by atoms with E-state index in [0.29, 0.717) is 12.8 Å². The molecule has 0 aliphatic rings. The first-order chi connectivity index (χ1) is 10.7. The molecule has 0 saturated heterocycles. The zero-order valence-electron chi connectivity index (χ0n) is 14.9. The summed E-state index contributed by atoms with van der Waals surface area (Å²) in [7, 11) is 0. The normalized spacial score (nSPS) is 9.91. The maximum absolute atomic E-state index is 10.3. The molecule has 0 aromatic carbocycles. The molecule has 0 amide bonds. The van der Waals surface area contributed by atoms with Crippen LogP contribution in [0.4, 0.5) is 0 Å². The van der Waals surface area contributed by atoms with E-state index in [2.05, 4.69) is 6.92 Å². The Labute approximate surface area is 137 Å². The predicted molar refractivity (Wildman–Crippen MR) is 93.9 cm³/mol. The maximum Gasteiger partial charge on any atom is 0.303 e. The first kappa shape index (κ1) is 23.4. The summed E-state index contributed by atoms with van der Waals surface area (Å²) in [4.78, 5) is 19.3. The Bertz CT molecular complexity index is 227. The lowest BCUT2D eigenvalue weighted by Crippen LogP contribution is -1.93. The summed E-state index contributed by atoms with van der Waals surface area (Å²) in [6.07, 6.45) is 19.5. The molecule has 0 rings (SSSR count). The molecule has 0 bridgehead atoms.